The molecule has 0 aliphatic rings. The second-order valence-electron chi connectivity index (χ2n) is 9.11. The van der Waals surface area contributed by atoms with E-state index in [0.29, 0.717) is 38.2 Å². The number of hydrogen-bond acceptors (Lipinski definition) is 6. The van der Waals surface area contributed by atoms with E-state index in [9.17, 15) is 9.59 Å². The van der Waals surface area contributed by atoms with Crippen LogP contribution in [0.25, 0.3) is 22.5 Å². The van der Waals surface area contributed by atoms with Crippen molar-refractivity contribution in [2.45, 2.75) is 59.8 Å². The minimum absolute atomic E-state index is 0.0142. The zero-order valence-corrected chi connectivity index (χ0v) is 21.7. The largest absolute Gasteiger partial charge is 0.466 e. The van der Waals surface area contributed by atoms with Crippen LogP contribution in [-0.2, 0) is 20.7 Å². The summed E-state index contributed by atoms with van der Waals surface area (Å²) >= 11 is 0. The molecule has 192 valence electrons. The molecule has 8 nitrogen and oxygen atoms in total. The van der Waals surface area contributed by atoms with Crippen LogP contribution >= 0.6 is 0 Å². The summed E-state index contributed by atoms with van der Waals surface area (Å²) in [7, 11) is 0. The Morgan fingerprint density at radius 2 is 1.69 bits per heavy atom. The van der Waals surface area contributed by atoms with Crippen LogP contribution in [0.2, 0.25) is 0 Å². The summed E-state index contributed by atoms with van der Waals surface area (Å²) in [6.45, 7) is 8.45. The predicted molar refractivity (Wildman–Crippen MR) is 140 cm³/mol. The molecule has 0 saturated carbocycles. The van der Waals surface area contributed by atoms with Gasteiger partial charge < -0.3 is 10.1 Å². The number of H-pyrrole nitrogens is 1. The normalized spacial score (nSPS) is 12.2. The van der Waals surface area contributed by atoms with E-state index < -0.39 is 5.41 Å². The molecule has 0 aliphatic carbocycles. The summed E-state index contributed by atoms with van der Waals surface area (Å²) in [5, 5.41) is 17.3. The molecule has 1 heterocycles. The van der Waals surface area contributed by atoms with Crippen LogP contribution in [0.1, 0.15) is 58.9 Å². The second kappa shape index (κ2) is 13.0. The quantitative estimate of drug-likeness (QED) is 0.326. The maximum atomic E-state index is 13.2. The molecule has 0 spiro atoms. The standard InChI is InChI=1S/C28H37N5O3/c1-5-11-22(26(34)29-19-28(6-2,7-3)27(35)36-8-4)18-20-14-16-21(17-15-20)23-12-9-10-13-24(23)25-30-32-33-31-25/h9-10,12-17,22H,5-8,11,18-19H2,1-4H3,(H,29,34)(H,30,31,32,33). The Morgan fingerprint density at radius 1 is 1.00 bits per heavy atom. The van der Waals surface area contributed by atoms with E-state index in [1.54, 1.807) is 6.92 Å². The minimum atomic E-state index is -0.684. The first kappa shape index (κ1) is 27.0. The van der Waals surface area contributed by atoms with Crippen molar-refractivity contribution in [3.8, 4) is 22.5 Å². The van der Waals surface area contributed by atoms with E-state index in [-0.39, 0.29) is 17.8 Å². The lowest BCUT2D eigenvalue weighted by Gasteiger charge is -2.30. The number of aromatic amines is 1. The van der Waals surface area contributed by atoms with Crippen LogP contribution in [-0.4, -0.2) is 45.7 Å². The molecule has 0 aliphatic heterocycles. The van der Waals surface area contributed by atoms with Gasteiger partial charge in [0.2, 0.25) is 5.91 Å². The Balaban J connectivity index is 1.71. The van der Waals surface area contributed by atoms with Gasteiger partial charge in [0.1, 0.15) is 0 Å². The van der Waals surface area contributed by atoms with Gasteiger partial charge in [0.25, 0.3) is 0 Å². The molecule has 0 bridgehead atoms. The highest BCUT2D eigenvalue weighted by atomic mass is 16.5. The molecule has 3 aromatic rings. The first-order chi connectivity index (χ1) is 17.5. The highest BCUT2D eigenvalue weighted by Crippen LogP contribution is 2.31. The Kier molecular flexibility index (Phi) is 9.73. The molecule has 8 heteroatoms. The number of hydrogen-bond donors (Lipinski definition) is 2. The second-order valence-corrected chi connectivity index (χ2v) is 9.11. The number of tetrazole rings is 1. The van der Waals surface area contributed by atoms with Crippen LogP contribution in [0, 0.1) is 11.3 Å². The van der Waals surface area contributed by atoms with E-state index in [1.807, 2.05) is 38.1 Å². The number of amides is 1. The van der Waals surface area contributed by atoms with E-state index in [0.717, 1.165) is 35.1 Å². The number of nitrogens with one attached hydrogen (secondary N) is 2. The lowest BCUT2D eigenvalue weighted by Crippen LogP contribution is -2.45. The number of benzene rings is 2. The lowest BCUT2D eigenvalue weighted by atomic mass is 9.82. The van der Waals surface area contributed by atoms with Gasteiger partial charge in [-0.05, 0) is 59.7 Å². The zero-order valence-electron chi connectivity index (χ0n) is 21.7. The summed E-state index contributed by atoms with van der Waals surface area (Å²) in [6.07, 6.45) is 3.55. The fourth-order valence-electron chi connectivity index (χ4n) is 4.54. The Labute approximate surface area is 213 Å². The van der Waals surface area contributed by atoms with Gasteiger partial charge in [-0.3, -0.25) is 9.59 Å². The van der Waals surface area contributed by atoms with E-state index >= 15 is 0 Å². The molecular weight excluding hydrogens is 454 g/mol. The fourth-order valence-corrected chi connectivity index (χ4v) is 4.54. The summed E-state index contributed by atoms with van der Waals surface area (Å²) in [4.78, 5) is 25.8. The summed E-state index contributed by atoms with van der Waals surface area (Å²) < 4.78 is 5.30. The number of nitrogens with zero attached hydrogens (tertiary/aromatic N) is 3. The van der Waals surface area contributed by atoms with Crippen LogP contribution in [0.4, 0.5) is 0 Å². The fraction of sp³-hybridized carbons (Fsp3) is 0.464. The molecular formula is C28H37N5O3. The van der Waals surface area contributed by atoms with Crippen molar-refractivity contribution in [2.24, 2.45) is 11.3 Å². The number of ether oxygens (including phenoxy) is 1. The third-order valence-electron chi connectivity index (χ3n) is 6.95. The van der Waals surface area contributed by atoms with Crippen molar-refractivity contribution in [3.05, 3.63) is 54.1 Å². The Morgan fingerprint density at radius 3 is 2.28 bits per heavy atom. The molecule has 36 heavy (non-hydrogen) atoms. The topological polar surface area (TPSA) is 110 Å². The van der Waals surface area contributed by atoms with Gasteiger partial charge in [0, 0.05) is 18.0 Å². The first-order valence-corrected chi connectivity index (χ1v) is 12.8. The summed E-state index contributed by atoms with van der Waals surface area (Å²) in [5.74, 6) is 0.202. The lowest BCUT2D eigenvalue weighted by molar-refractivity contribution is -0.156. The number of aromatic nitrogens is 4. The number of esters is 1. The highest BCUT2D eigenvalue weighted by Gasteiger charge is 2.37. The summed E-state index contributed by atoms with van der Waals surface area (Å²) in [5.41, 5.74) is 3.41. The Hall–Kier alpha value is -3.55. The maximum absolute atomic E-state index is 13.2. The number of carbonyl (C=O) groups is 2. The van der Waals surface area contributed by atoms with Crippen LogP contribution in [0.15, 0.2) is 48.5 Å². The van der Waals surface area contributed by atoms with Gasteiger partial charge >= 0.3 is 5.97 Å². The molecule has 1 aromatic heterocycles. The van der Waals surface area contributed by atoms with Crippen molar-refractivity contribution >= 4 is 11.9 Å². The third kappa shape index (κ3) is 6.36. The third-order valence-corrected chi connectivity index (χ3v) is 6.95. The van der Waals surface area contributed by atoms with Gasteiger partial charge in [0.15, 0.2) is 5.82 Å². The van der Waals surface area contributed by atoms with Crippen LogP contribution < -0.4 is 5.32 Å². The number of carbonyl (C=O) groups excluding carboxylic acids is 2. The molecule has 3 rings (SSSR count). The van der Waals surface area contributed by atoms with E-state index in [4.69, 9.17) is 4.74 Å². The Bertz CT molecular complexity index is 1110. The van der Waals surface area contributed by atoms with Gasteiger partial charge in [-0.25, -0.2) is 5.10 Å². The van der Waals surface area contributed by atoms with Crippen molar-refractivity contribution in [1.82, 2.24) is 25.9 Å². The first-order valence-electron chi connectivity index (χ1n) is 12.8. The zero-order chi connectivity index (χ0) is 26.0. The maximum Gasteiger partial charge on any atom is 0.313 e. The average molecular weight is 492 g/mol. The van der Waals surface area contributed by atoms with Gasteiger partial charge in [0.05, 0.1) is 12.0 Å². The molecule has 0 saturated heterocycles. The number of rotatable bonds is 13. The molecule has 1 atom stereocenters. The SMILES string of the molecule is CCCC(Cc1ccc(-c2ccccc2-c2nnn[nH]2)cc1)C(=O)NCC(CC)(CC)C(=O)OCC. The monoisotopic (exact) mass is 491 g/mol. The van der Waals surface area contributed by atoms with Crippen molar-refractivity contribution < 1.29 is 14.3 Å². The summed E-state index contributed by atoms with van der Waals surface area (Å²) in [6, 6.07) is 16.2. The molecule has 1 unspecified atom stereocenters. The van der Waals surface area contributed by atoms with Gasteiger partial charge in [-0.1, -0.05) is 75.7 Å². The molecule has 0 radical (unpaired) electrons. The highest BCUT2D eigenvalue weighted by molar-refractivity contribution is 5.82. The van der Waals surface area contributed by atoms with Crippen LogP contribution in [0.5, 0.6) is 0 Å². The van der Waals surface area contributed by atoms with Crippen LogP contribution in [0.3, 0.4) is 0 Å². The van der Waals surface area contributed by atoms with Crippen molar-refractivity contribution in [3.63, 3.8) is 0 Å². The van der Waals surface area contributed by atoms with Gasteiger partial charge in [-0.15, -0.1) is 5.10 Å². The molecule has 0 fully saturated rings. The minimum Gasteiger partial charge on any atom is -0.466 e. The van der Waals surface area contributed by atoms with Crippen molar-refractivity contribution in [2.75, 3.05) is 13.2 Å². The van der Waals surface area contributed by atoms with E-state index in [2.05, 4.69) is 57.1 Å². The average Bonchev–Trinajstić information content (AvgIpc) is 3.45. The van der Waals surface area contributed by atoms with Crippen molar-refractivity contribution in [1.29, 1.82) is 0 Å². The predicted octanol–water partition coefficient (Wildman–Crippen LogP) is 4.98. The van der Waals surface area contributed by atoms with E-state index in [1.165, 1.54) is 0 Å². The smallest absolute Gasteiger partial charge is 0.313 e. The van der Waals surface area contributed by atoms with Gasteiger partial charge in [-0.2, -0.15) is 0 Å². The molecule has 2 N–H and O–H groups in total. The molecule has 2 aromatic carbocycles. The molecule has 1 amide bonds.